The minimum absolute atomic E-state index is 0.181. The molecule has 3 rings (SSSR count). The second kappa shape index (κ2) is 9.05. The fourth-order valence-corrected chi connectivity index (χ4v) is 3.76. The molecule has 2 heteroatoms. The fraction of sp³-hybridized carbons (Fsp3) is 0.346. The van der Waals surface area contributed by atoms with Crippen LogP contribution in [0.1, 0.15) is 55.5 Å². The van der Waals surface area contributed by atoms with Gasteiger partial charge in [0.1, 0.15) is 0 Å². The van der Waals surface area contributed by atoms with Crippen LogP contribution in [0.3, 0.4) is 0 Å². The van der Waals surface area contributed by atoms with Gasteiger partial charge in [-0.1, -0.05) is 68.4 Å². The lowest BCUT2D eigenvalue weighted by molar-refractivity contribution is -0.499. The molecular formula is C26H31NO. The zero-order valence-corrected chi connectivity index (χ0v) is 17.5. The van der Waals surface area contributed by atoms with E-state index in [1.807, 2.05) is 19.1 Å². The maximum atomic E-state index is 12.6. The van der Waals surface area contributed by atoms with Gasteiger partial charge in [0.15, 0.2) is 12.3 Å². The van der Waals surface area contributed by atoms with Crippen LogP contribution in [0.25, 0.3) is 10.8 Å². The Balaban J connectivity index is 1.64. The van der Waals surface area contributed by atoms with Crippen LogP contribution in [0.2, 0.25) is 0 Å². The summed E-state index contributed by atoms with van der Waals surface area (Å²) in [7, 11) is 0. The van der Waals surface area contributed by atoms with Crippen molar-refractivity contribution in [2.75, 3.05) is 0 Å². The van der Waals surface area contributed by atoms with Crippen molar-refractivity contribution in [1.82, 2.24) is 0 Å². The zero-order valence-electron chi connectivity index (χ0n) is 17.5. The first kappa shape index (κ1) is 20.1. The van der Waals surface area contributed by atoms with Crippen molar-refractivity contribution in [2.24, 2.45) is 5.92 Å². The van der Waals surface area contributed by atoms with E-state index >= 15 is 0 Å². The number of rotatable bonds is 7. The molecule has 0 fully saturated rings. The van der Waals surface area contributed by atoms with Gasteiger partial charge in [0, 0.05) is 18.9 Å². The fourth-order valence-electron chi connectivity index (χ4n) is 3.76. The first-order valence-electron chi connectivity index (χ1n) is 10.3. The molecule has 0 bridgehead atoms. The lowest BCUT2D eigenvalue weighted by Crippen LogP contribution is -2.11. The van der Waals surface area contributed by atoms with Gasteiger partial charge in [0.05, 0.1) is 0 Å². The summed E-state index contributed by atoms with van der Waals surface area (Å²) < 4.78 is 1.10. The summed E-state index contributed by atoms with van der Waals surface area (Å²) in [5, 5.41) is 15.0. The molecule has 1 atom stereocenters. The molecule has 3 aromatic carbocycles. The SMILES string of the molecule is Cc1cc(CC(C)C)ccc1CC/C=[N+](/[O-])C(C)c1ccc2ccccc2c1. The van der Waals surface area contributed by atoms with Gasteiger partial charge in [-0.25, -0.2) is 4.74 Å². The van der Waals surface area contributed by atoms with Gasteiger partial charge >= 0.3 is 0 Å². The van der Waals surface area contributed by atoms with E-state index in [1.165, 1.54) is 27.5 Å². The standard InChI is InChI=1S/C26H31NO/c1-19(2)16-22-11-12-23(20(3)17-22)10-7-15-27(28)21(4)25-14-13-24-8-5-6-9-26(24)18-25/h5-6,8-9,11-15,17-19,21H,7,10,16H2,1-4H3/b27-15+. The van der Waals surface area contributed by atoms with E-state index in [9.17, 15) is 5.21 Å². The molecule has 2 nitrogen and oxygen atoms in total. The molecule has 0 heterocycles. The van der Waals surface area contributed by atoms with E-state index in [0.717, 1.165) is 29.6 Å². The van der Waals surface area contributed by atoms with Gasteiger partial charge in [-0.05, 0) is 59.2 Å². The van der Waals surface area contributed by atoms with Crippen LogP contribution >= 0.6 is 0 Å². The molecule has 3 aromatic rings. The van der Waals surface area contributed by atoms with Crippen LogP contribution in [0.4, 0.5) is 0 Å². The third-order valence-electron chi connectivity index (χ3n) is 5.41. The number of hydrogen-bond donors (Lipinski definition) is 0. The van der Waals surface area contributed by atoms with Gasteiger partial charge in [0.2, 0.25) is 0 Å². The number of aryl methyl sites for hydroxylation is 2. The summed E-state index contributed by atoms with van der Waals surface area (Å²) in [5.74, 6) is 0.671. The van der Waals surface area contributed by atoms with Crippen LogP contribution in [-0.2, 0) is 12.8 Å². The molecule has 0 aliphatic rings. The second-order valence-electron chi connectivity index (χ2n) is 8.22. The highest BCUT2D eigenvalue weighted by Gasteiger charge is 2.12. The Morgan fingerprint density at radius 3 is 2.39 bits per heavy atom. The van der Waals surface area contributed by atoms with E-state index in [-0.39, 0.29) is 6.04 Å². The summed E-state index contributed by atoms with van der Waals surface area (Å²) in [6.45, 7) is 8.64. The molecule has 0 spiro atoms. The zero-order chi connectivity index (χ0) is 20.1. The van der Waals surface area contributed by atoms with Gasteiger partial charge in [0.25, 0.3) is 0 Å². The van der Waals surface area contributed by atoms with Crippen molar-refractivity contribution in [1.29, 1.82) is 0 Å². The molecule has 0 aromatic heterocycles. The van der Waals surface area contributed by atoms with Crippen molar-refractivity contribution in [2.45, 2.75) is 53.0 Å². The monoisotopic (exact) mass is 373 g/mol. The van der Waals surface area contributed by atoms with Gasteiger partial charge in [-0.3, -0.25) is 0 Å². The lowest BCUT2D eigenvalue weighted by atomic mass is 9.97. The normalized spacial score (nSPS) is 13.2. The largest absolute Gasteiger partial charge is 0.624 e. The van der Waals surface area contributed by atoms with Crippen molar-refractivity contribution in [3.63, 3.8) is 0 Å². The third-order valence-corrected chi connectivity index (χ3v) is 5.41. The quantitative estimate of drug-likeness (QED) is 0.198. The number of hydroxylamine groups is 1. The Morgan fingerprint density at radius 1 is 0.929 bits per heavy atom. The molecule has 146 valence electrons. The smallest absolute Gasteiger partial charge is 0.185 e. The van der Waals surface area contributed by atoms with Crippen LogP contribution in [0.15, 0.2) is 60.7 Å². The Kier molecular flexibility index (Phi) is 6.51. The molecule has 0 radical (unpaired) electrons. The lowest BCUT2D eigenvalue weighted by Gasteiger charge is -2.14. The Hall–Kier alpha value is -2.61. The average molecular weight is 374 g/mol. The van der Waals surface area contributed by atoms with Crippen LogP contribution in [0.5, 0.6) is 0 Å². The van der Waals surface area contributed by atoms with Gasteiger partial charge in [-0.15, -0.1) is 0 Å². The minimum atomic E-state index is -0.181. The highest BCUT2D eigenvalue weighted by atomic mass is 16.5. The average Bonchev–Trinajstić information content (AvgIpc) is 2.68. The molecule has 0 saturated carbocycles. The van der Waals surface area contributed by atoms with Crippen LogP contribution in [0, 0.1) is 18.0 Å². The Labute approximate surface area is 169 Å². The van der Waals surface area contributed by atoms with Gasteiger partial charge < -0.3 is 5.21 Å². The predicted molar refractivity (Wildman–Crippen MR) is 120 cm³/mol. The molecule has 1 unspecified atom stereocenters. The molecule has 0 aliphatic carbocycles. The van der Waals surface area contributed by atoms with Crippen molar-refractivity contribution < 1.29 is 4.74 Å². The summed E-state index contributed by atoms with van der Waals surface area (Å²) in [6, 6.07) is 21.1. The van der Waals surface area contributed by atoms with E-state index < -0.39 is 0 Å². The molecule has 0 N–H and O–H groups in total. The summed E-state index contributed by atoms with van der Waals surface area (Å²) >= 11 is 0. The van der Waals surface area contributed by atoms with Crippen LogP contribution in [-0.4, -0.2) is 11.0 Å². The topological polar surface area (TPSA) is 26.1 Å². The number of nitrogens with zero attached hydrogens (tertiary/aromatic N) is 1. The minimum Gasteiger partial charge on any atom is -0.624 e. The second-order valence-corrected chi connectivity index (χ2v) is 8.22. The van der Waals surface area contributed by atoms with E-state index in [0.29, 0.717) is 5.92 Å². The maximum Gasteiger partial charge on any atom is 0.185 e. The van der Waals surface area contributed by atoms with Gasteiger partial charge in [-0.2, -0.15) is 0 Å². The summed E-state index contributed by atoms with van der Waals surface area (Å²) in [5.41, 5.74) is 5.11. The number of fused-ring (bicyclic) bond motifs is 1. The number of benzene rings is 3. The molecule has 0 amide bonds. The first-order valence-corrected chi connectivity index (χ1v) is 10.3. The highest BCUT2D eigenvalue weighted by Crippen LogP contribution is 2.22. The molecule has 28 heavy (non-hydrogen) atoms. The third kappa shape index (κ3) is 5.01. The molecule has 0 aliphatic heterocycles. The first-order chi connectivity index (χ1) is 13.4. The van der Waals surface area contributed by atoms with Crippen LogP contribution < -0.4 is 0 Å². The van der Waals surface area contributed by atoms with Crippen molar-refractivity contribution in [3.05, 3.63) is 88.1 Å². The molecule has 0 saturated heterocycles. The van der Waals surface area contributed by atoms with E-state index in [1.54, 1.807) is 6.21 Å². The predicted octanol–water partition coefficient (Wildman–Crippen LogP) is 6.62. The Morgan fingerprint density at radius 2 is 1.68 bits per heavy atom. The van der Waals surface area contributed by atoms with E-state index in [4.69, 9.17) is 0 Å². The molecular weight excluding hydrogens is 342 g/mol. The van der Waals surface area contributed by atoms with Crippen molar-refractivity contribution in [3.8, 4) is 0 Å². The maximum absolute atomic E-state index is 12.6. The summed E-state index contributed by atoms with van der Waals surface area (Å²) in [4.78, 5) is 0. The number of hydrogen-bond acceptors (Lipinski definition) is 1. The van der Waals surface area contributed by atoms with E-state index in [2.05, 4.69) is 69.3 Å². The summed E-state index contributed by atoms with van der Waals surface area (Å²) in [6.07, 6.45) is 4.56. The van der Waals surface area contributed by atoms with Crippen molar-refractivity contribution >= 4 is 17.0 Å². The Bertz CT molecular complexity index is 971. The highest BCUT2D eigenvalue weighted by molar-refractivity contribution is 5.83.